The van der Waals surface area contributed by atoms with Gasteiger partial charge in [-0.05, 0) is 24.3 Å². The number of carbonyl (C=O) groups excluding carboxylic acids is 1. The molecule has 0 atom stereocenters. The van der Waals surface area contributed by atoms with E-state index in [1.807, 2.05) is 0 Å². The number of rotatable bonds is 3. The average molecular weight is 284 g/mol. The molecule has 0 aliphatic heterocycles. The highest BCUT2D eigenvalue weighted by Gasteiger charge is 2.09. The Balaban J connectivity index is 1.86. The summed E-state index contributed by atoms with van der Waals surface area (Å²) in [5.74, 6) is -0.820. The number of nitrogens with zero attached hydrogens (tertiary/aromatic N) is 1. The molecule has 7 nitrogen and oxygen atoms in total. The van der Waals surface area contributed by atoms with Crippen LogP contribution >= 0.6 is 0 Å². The van der Waals surface area contributed by atoms with Gasteiger partial charge in [-0.15, -0.1) is 0 Å². The van der Waals surface area contributed by atoms with Crippen LogP contribution < -0.4 is 16.8 Å². The lowest BCUT2D eigenvalue weighted by molar-refractivity contribution is 0.102. The van der Waals surface area contributed by atoms with Crippen LogP contribution in [0.1, 0.15) is 16.1 Å². The van der Waals surface area contributed by atoms with Crippen molar-refractivity contribution in [2.75, 3.05) is 5.32 Å². The molecule has 0 aliphatic rings. The summed E-state index contributed by atoms with van der Waals surface area (Å²) in [6.45, 7) is 0.265. The minimum atomic E-state index is -0.532. The molecule has 0 spiro atoms. The third-order valence-corrected chi connectivity index (χ3v) is 2.97. The van der Waals surface area contributed by atoms with Gasteiger partial charge >= 0.3 is 5.76 Å². The number of nitrogens with two attached hydrogens (primary N) is 1. The summed E-state index contributed by atoms with van der Waals surface area (Å²) >= 11 is 0. The Bertz CT molecular complexity index is 866. The molecule has 106 valence electrons. The van der Waals surface area contributed by atoms with Gasteiger partial charge in [0, 0.05) is 30.1 Å². The molecule has 0 radical (unpaired) electrons. The van der Waals surface area contributed by atoms with Gasteiger partial charge in [0.25, 0.3) is 5.91 Å². The molecule has 2 heterocycles. The first-order valence-electron chi connectivity index (χ1n) is 6.25. The lowest BCUT2D eigenvalue weighted by Crippen LogP contribution is -2.13. The molecule has 0 saturated heterocycles. The van der Waals surface area contributed by atoms with Crippen LogP contribution in [0.15, 0.2) is 45.7 Å². The molecular weight excluding hydrogens is 272 g/mol. The summed E-state index contributed by atoms with van der Waals surface area (Å²) < 4.78 is 4.94. The predicted molar refractivity (Wildman–Crippen MR) is 76.9 cm³/mol. The fraction of sp³-hybridized carbons (Fsp3) is 0.0714. The molecule has 1 amide bonds. The third kappa shape index (κ3) is 2.67. The summed E-state index contributed by atoms with van der Waals surface area (Å²) in [5, 5.41) is 2.73. The van der Waals surface area contributed by atoms with Crippen molar-refractivity contribution in [1.82, 2.24) is 9.97 Å². The summed E-state index contributed by atoms with van der Waals surface area (Å²) in [7, 11) is 0. The highest BCUT2D eigenvalue weighted by atomic mass is 16.4. The molecule has 1 aromatic carbocycles. The van der Waals surface area contributed by atoms with E-state index in [1.165, 1.54) is 6.20 Å². The van der Waals surface area contributed by atoms with E-state index in [2.05, 4.69) is 15.3 Å². The maximum Gasteiger partial charge on any atom is 0.417 e. The Kier molecular flexibility index (Phi) is 3.25. The van der Waals surface area contributed by atoms with Crippen LogP contribution in [0.3, 0.4) is 0 Å². The number of pyridine rings is 1. The highest BCUT2D eigenvalue weighted by Crippen LogP contribution is 2.17. The summed E-state index contributed by atoms with van der Waals surface area (Å²) in [5.41, 5.74) is 8.08. The lowest BCUT2D eigenvalue weighted by atomic mass is 10.2. The standard InChI is InChI=1S/C14H12N4O3/c15-7-10-5-8(3-4-16-10)13(19)17-9-1-2-11-12(6-9)21-14(20)18-11/h1-6H,7,15H2,(H,17,19)(H,18,20). The molecule has 7 heteroatoms. The van der Waals surface area contributed by atoms with E-state index < -0.39 is 5.76 Å². The van der Waals surface area contributed by atoms with E-state index in [0.29, 0.717) is 28.0 Å². The Morgan fingerprint density at radius 1 is 1.33 bits per heavy atom. The van der Waals surface area contributed by atoms with Crippen LogP contribution in [0, 0.1) is 0 Å². The van der Waals surface area contributed by atoms with Crippen molar-refractivity contribution >= 4 is 22.7 Å². The minimum absolute atomic E-state index is 0.265. The number of amides is 1. The Hall–Kier alpha value is -2.93. The normalized spacial score (nSPS) is 10.7. The molecule has 0 bridgehead atoms. The molecule has 21 heavy (non-hydrogen) atoms. The van der Waals surface area contributed by atoms with Gasteiger partial charge < -0.3 is 15.5 Å². The van der Waals surface area contributed by atoms with E-state index in [-0.39, 0.29) is 12.5 Å². The van der Waals surface area contributed by atoms with Gasteiger partial charge in [-0.1, -0.05) is 0 Å². The van der Waals surface area contributed by atoms with E-state index >= 15 is 0 Å². The smallest absolute Gasteiger partial charge is 0.408 e. The van der Waals surface area contributed by atoms with Crippen LogP contribution in [0.5, 0.6) is 0 Å². The number of anilines is 1. The second kappa shape index (κ2) is 5.22. The number of H-pyrrole nitrogens is 1. The van der Waals surface area contributed by atoms with Crippen LogP contribution in [-0.2, 0) is 6.54 Å². The van der Waals surface area contributed by atoms with E-state index in [4.69, 9.17) is 10.2 Å². The monoisotopic (exact) mass is 284 g/mol. The van der Waals surface area contributed by atoms with Crippen molar-refractivity contribution in [3.05, 3.63) is 58.3 Å². The van der Waals surface area contributed by atoms with E-state index in [0.717, 1.165) is 0 Å². The van der Waals surface area contributed by atoms with Crippen molar-refractivity contribution in [2.45, 2.75) is 6.54 Å². The molecule has 3 rings (SSSR count). The van der Waals surface area contributed by atoms with Gasteiger partial charge in [-0.2, -0.15) is 0 Å². The first-order chi connectivity index (χ1) is 10.2. The quantitative estimate of drug-likeness (QED) is 0.669. The fourth-order valence-electron chi connectivity index (χ4n) is 1.96. The molecule has 0 aliphatic carbocycles. The maximum absolute atomic E-state index is 12.1. The second-order valence-corrected chi connectivity index (χ2v) is 4.42. The van der Waals surface area contributed by atoms with E-state index in [1.54, 1.807) is 30.3 Å². The minimum Gasteiger partial charge on any atom is -0.408 e. The van der Waals surface area contributed by atoms with Gasteiger partial charge in [0.15, 0.2) is 5.58 Å². The molecule has 0 unspecified atom stereocenters. The molecule has 2 aromatic heterocycles. The Morgan fingerprint density at radius 2 is 2.19 bits per heavy atom. The molecule has 3 aromatic rings. The summed E-state index contributed by atoms with van der Waals surface area (Å²) in [6, 6.07) is 8.15. The number of hydrogen-bond acceptors (Lipinski definition) is 5. The van der Waals surface area contributed by atoms with Crippen LogP contribution in [0.4, 0.5) is 5.69 Å². The van der Waals surface area contributed by atoms with Gasteiger partial charge in [0.1, 0.15) is 0 Å². The molecule has 0 saturated carbocycles. The van der Waals surface area contributed by atoms with E-state index in [9.17, 15) is 9.59 Å². The molecule has 4 N–H and O–H groups in total. The first kappa shape index (κ1) is 13.1. The van der Waals surface area contributed by atoms with Gasteiger partial charge in [-0.3, -0.25) is 14.8 Å². The molecule has 0 fully saturated rings. The number of oxazole rings is 1. The highest BCUT2D eigenvalue weighted by molar-refractivity contribution is 6.04. The number of aromatic nitrogens is 2. The largest absolute Gasteiger partial charge is 0.417 e. The first-order valence-corrected chi connectivity index (χ1v) is 6.25. The van der Waals surface area contributed by atoms with Crippen molar-refractivity contribution in [3.63, 3.8) is 0 Å². The Labute approximate surface area is 118 Å². The SMILES string of the molecule is NCc1cc(C(=O)Nc2ccc3[nH]c(=O)oc3c2)ccn1. The molecular formula is C14H12N4O3. The average Bonchev–Trinajstić information content (AvgIpc) is 2.86. The second-order valence-electron chi connectivity index (χ2n) is 4.42. The van der Waals surface area contributed by atoms with Crippen molar-refractivity contribution < 1.29 is 9.21 Å². The lowest BCUT2D eigenvalue weighted by Gasteiger charge is -2.05. The Morgan fingerprint density at radius 3 is 3.00 bits per heavy atom. The third-order valence-electron chi connectivity index (χ3n) is 2.97. The van der Waals surface area contributed by atoms with Crippen LogP contribution in [-0.4, -0.2) is 15.9 Å². The van der Waals surface area contributed by atoms with Gasteiger partial charge in [0.05, 0.1) is 11.2 Å². The van der Waals surface area contributed by atoms with Crippen molar-refractivity contribution in [2.24, 2.45) is 5.73 Å². The number of fused-ring (bicyclic) bond motifs is 1. The zero-order valence-electron chi connectivity index (χ0n) is 10.9. The predicted octanol–water partition coefficient (Wildman–Crippen LogP) is 1.23. The van der Waals surface area contributed by atoms with Crippen LogP contribution in [0.2, 0.25) is 0 Å². The van der Waals surface area contributed by atoms with Crippen molar-refractivity contribution in [1.29, 1.82) is 0 Å². The zero-order chi connectivity index (χ0) is 14.8. The number of hydrogen-bond donors (Lipinski definition) is 3. The number of benzene rings is 1. The summed E-state index contributed by atoms with van der Waals surface area (Å²) in [4.78, 5) is 29.8. The number of carbonyl (C=O) groups is 1. The number of aromatic amines is 1. The maximum atomic E-state index is 12.1. The van der Waals surface area contributed by atoms with Crippen LogP contribution in [0.25, 0.3) is 11.1 Å². The van der Waals surface area contributed by atoms with Gasteiger partial charge in [0.2, 0.25) is 0 Å². The fourth-order valence-corrected chi connectivity index (χ4v) is 1.96. The summed E-state index contributed by atoms with van der Waals surface area (Å²) in [6.07, 6.45) is 1.53. The van der Waals surface area contributed by atoms with Crippen molar-refractivity contribution in [3.8, 4) is 0 Å². The number of nitrogens with one attached hydrogen (secondary N) is 2. The zero-order valence-corrected chi connectivity index (χ0v) is 10.9. The van der Waals surface area contributed by atoms with Gasteiger partial charge in [-0.25, -0.2) is 4.79 Å². The topological polar surface area (TPSA) is 114 Å².